The number of carbonyl (C=O) groups is 2. The van der Waals surface area contributed by atoms with E-state index in [1.54, 1.807) is 12.1 Å². The number of ether oxygens (including phenoxy) is 2. The van der Waals surface area contributed by atoms with Gasteiger partial charge in [0, 0.05) is 10.9 Å². The summed E-state index contributed by atoms with van der Waals surface area (Å²) in [5, 5.41) is 3.62. The van der Waals surface area contributed by atoms with E-state index in [4.69, 9.17) is 9.47 Å². The van der Waals surface area contributed by atoms with Crippen LogP contribution in [0.25, 0.3) is 10.9 Å². The molecule has 0 aliphatic heterocycles. The van der Waals surface area contributed by atoms with Crippen LogP contribution < -0.4 is 10.1 Å². The molecule has 0 bridgehead atoms. The molecule has 152 valence electrons. The summed E-state index contributed by atoms with van der Waals surface area (Å²) in [6.07, 6.45) is 0.793. The molecule has 1 unspecified atom stereocenters. The van der Waals surface area contributed by atoms with Gasteiger partial charge in [0.1, 0.15) is 17.3 Å². The maximum atomic E-state index is 13.6. The number of halogens is 1. The van der Waals surface area contributed by atoms with Crippen molar-refractivity contribution in [1.82, 2.24) is 10.3 Å². The molecule has 1 heterocycles. The molecule has 1 amide bonds. The monoisotopic (exact) mass is 398 g/mol. The number of H-pyrrole nitrogens is 1. The first-order chi connectivity index (χ1) is 14.0. The Morgan fingerprint density at radius 2 is 2.00 bits per heavy atom. The van der Waals surface area contributed by atoms with E-state index >= 15 is 0 Å². The predicted molar refractivity (Wildman–Crippen MR) is 107 cm³/mol. The first-order valence-corrected chi connectivity index (χ1v) is 9.39. The van der Waals surface area contributed by atoms with E-state index in [0.29, 0.717) is 17.9 Å². The number of fused-ring (bicyclic) bond motifs is 1. The quantitative estimate of drug-likeness (QED) is 0.559. The Balaban J connectivity index is 1.82. The Hall–Kier alpha value is -3.35. The van der Waals surface area contributed by atoms with Gasteiger partial charge < -0.3 is 19.8 Å². The number of aromatic amines is 1. The lowest BCUT2D eigenvalue weighted by Gasteiger charge is -2.18. The molecule has 6 nitrogen and oxygen atoms in total. The van der Waals surface area contributed by atoms with Crippen LogP contribution in [0.2, 0.25) is 0 Å². The van der Waals surface area contributed by atoms with Gasteiger partial charge in [0.05, 0.1) is 26.2 Å². The Morgan fingerprint density at radius 1 is 1.17 bits per heavy atom. The molecule has 0 radical (unpaired) electrons. The zero-order valence-electron chi connectivity index (χ0n) is 16.3. The van der Waals surface area contributed by atoms with Crippen molar-refractivity contribution in [3.8, 4) is 5.75 Å². The van der Waals surface area contributed by atoms with E-state index in [0.717, 1.165) is 23.1 Å². The van der Waals surface area contributed by atoms with Crippen molar-refractivity contribution >= 4 is 22.8 Å². The van der Waals surface area contributed by atoms with E-state index in [-0.39, 0.29) is 6.42 Å². The predicted octanol–water partition coefficient (Wildman–Crippen LogP) is 4.13. The van der Waals surface area contributed by atoms with Crippen LogP contribution in [0, 0.1) is 5.82 Å². The largest absolute Gasteiger partial charge is 0.494 e. The molecule has 0 aliphatic rings. The van der Waals surface area contributed by atoms with Crippen LogP contribution >= 0.6 is 0 Å². The highest BCUT2D eigenvalue weighted by Gasteiger charge is 2.21. The highest BCUT2D eigenvalue weighted by molar-refractivity contribution is 5.98. The van der Waals surface area contributed by atoms with E-state index in [9.17, 15) is 14.0 Å². The van der Waals surface area contributed by atoms with E-state index < -0.39 is 23.7 Å². The molecule has 0 spiro atoms. The minimum Gasteiger partial charge on any atom is -0.494 e. The fraction of sp³-hybridized carbons (Fsp3) is 0.273. The van der Waals surface area contributed by atoms with E-state index in [1.807, 2.05) is 25.1 Å². The molecule has 0 fully saturated rings. The summed E-state index contributed by atoms with van der Waals surface area (Å²) in [6, 6.07) is 12.3. The number of hydrogen-bond donors (Lipinski definition) is 2. The van der Waals surface area contributed by atoms with E-state index in [2.05, 4.69) is 10.3 Å². The summed E-state index contributed by atoms with van der Waals surface area (Å²) >= 11 is 0. The minimum atomic E-state index is -0.722. The van der Waals surface area contributed by atoms with Crippen LogP contribution in [0.4, 0.5) is 4.39 Å². The number of benzene rings is 2. The Morgan fingerprint density at radius 3 is 2.72 bits per heavy atom. The molecular weight excluding hydrogens is 375 g/mol. The van der Waals surface area contributed by atoms with Crippen molar-refractivity contribution in [2.45, 2.75) is 25.8 Å². The molecule has 7 heteroatoms. The minimum absolute atomic E-state index is 0.110. The van der Waals surface area contributed by atoms with Crippen LogP contribution in [0.3, 0.4) is 0 Å². The molecule has 1 atom stereocenters. The summed E-state index contributed by atoms with van der Waals surface area (Å²) in [4.78, 5) is 27.6. The number of methoxy groups -OCH3 is 1. The molecular formula is C22H23FN2O4. The van der Waals surface area contributed by atoms with Crippen molar-refractivity contribution in [1.29, 1.82) is 0 Å². The molecule has 2 aromatic carbocycles. The summed E-state index contributed by atoms with van der Waals surface area (Å²) in [5.41, 5.74) is 1.60. The second-order valence-electron chi connectivity index (χ2n) is 6.64. The van der Waals surface area contributed by atoms with Crippen LogP contribution in [0.15, 0.2) is 48.5 Å². The zero-order valence-corrected chi connectivity index (χ0v) is 16.3. The fourth-order valence-electron chi connectivity index (χ4n) is 3.00. The molecule has 1 aromatic heterocycles. The molecule has 3 aromatic rings. The number of aromatic nitrogens is 1. The second-order valence-corrected chi connectivity index (χ2v) is 6.64. The van der Waals surface area contributed by atoms with Gasteiger partial charge in [0.2, 0.25) is 0 Å². The third-order valence-corrected chi connectivity index (χ3v) is 4.46. The lowest BCUT2D eigenvalue weighted by molar-refractivity contribution is -0.141. The van der Waals surface area contributed by atoms with Crippen molar-refractivity contribution < 1.29 is 23.5 Å². The number of nitrogens with one attached hydrogen (secondary N) is 2. The van der Waals surface area contributed by atoms with Crippen LogP contribution in [0.5, 0.6) is 5.75 Å². The smallest absolute Gasteiger partial charge is 0.307 e. The number of rotatable bonds is 8. The molecule has 2 N–H and O–H groups in total. The van der Waals surface area contributed by atoms with Gasteiger partial charge in [0.25, 0.3) is 5.91 Å². The molecule has 29 heavy (non-hydrogen) atoms. The van der Waals surface area contributed by atoms with Gasteiger partial charge in [-0.15, -0.1) is 0 Å². The van der Waals surface area contributed by atoms with Gasteiger partial charge in [-0.1, -0.05) is 19.1 Å². The van der Waals surface area contributed by atoms with Gasteiger partial charge in [-0.05, 0) is 48.4 Å². The first kappa shape index (κ1) is 20.4. The Kier molecular flexibility index (Phi) is 6.49. The molecule has 0 aliphatic carbocycles. The Labute approximate surface area is 168 Å². The SMILES string of the molecule is CCCOc1ccc2[nH]c(C(=O)NC(CC(=O)OC)c3cccc(F)c3)cc2c1. The number of carbonyl (C=O) groups excluding carboxylic acids is 2. The van der Waals surface area contributed by atoms with Crippen molar-refractivity contribution in [3.05, 3.63) is 65.6 Å². The van der Waals surface area contributed by atoms with Crippen molar-refractivity contribution in [3.63, 3.8) is 0 Å². The average molecular weight is 398 g/mol. The summed E-state index contributed by atoms with van der Waals surface area (Å²) in [7, 11) is 1.27. The molecule has 0 saturated heterocycles. The summed E-state index contributed by atoms with van der Waals surface area (Å²) in [5.74, 6) is -0.630. The average Bonchev–Trinajstić information content (AvgIpc) is 3.15. The maximum Gasteiger partial charge on any atom is 0.307 e. The number of esters is 1. The number of hydrogen-bond acceptors (Lipinski definition) is 4. The van der Waals surface area contributed by atoms with Gasteiger partial charge in [0.15, 0.2) is 0 Å². The second kappa shape index (κ2) is 9.23. The summed E-state index contributed by atoms with van der Waals surface area (Å²) in [6.45, 7) is 2.65. The summed E-state index contributed by atoms with van der Waals surface area (Å²) < 4.78 is 24.0. The first-order valence-electron chi connectivity index (χ1n) is 9.39. The normalized spacial score (nSPS) is 11.8. The standard InChI is InChI=1S/C22H23FN2O4/c1-3-9-29-17-7-8-18-15(11-17)12-20(24-18)22(27)25-19(13-21(26)28-2)14-5-4-6-16(23)10-14/h4-8,10-12,19,24H,3,9,13H2,1-2H3,(H,25,27). The fourth-order valence-corrected chi connectivity index (χ4v) is 3.00. The number of amides is 1. The van der Waals surface area contributed by atoms with E-state index in [1.165, 1.54) is 25.3 Å². The lowest BCUT2D eigenvalue weighted by atomic mass is 10.0. The van der Waals surface area contributed by atoms with Gasteiger partial charge in [-0.25, -0.2) is 4.39 Å². The van der Waals surface area contributed by atoms with Crippen LogP contribution in [-0.4, -0.2) is 30.6 Å². The highest BCUT2D eigenvalue weighted by atomic mass is 19.1. The topological polar surface area (TPSA) is 80.4 Å². The van der Waals surface area contributed by atoms with Crippen LogP contribution in [0.1, 0.15) is 41.9 Å². The Bertz CT molecular complexity index is 1010. The van der Waals surface area contributed by atoms with Gasteiger partial charge in [-0.3, -0.25) is 9.59 Å². The van der Waals surface area contributed by atoms with Gasteiger partial charge in [-0.2, -0.15) is 0 Å². The maximum absolute atomic E-state index is 13.6. The third-order valence-electron chi connectivity index (χ3n) is 4.46. The third kappa shape index (κ3) is 5.13. The zero-order chi connectivity index (χ0) is 20.8. The van der Waals surface area contributed by atoms with Crippen molar-refractivity contribution in [2.75, 3.05) is 13.7 Å². The lowest BCUT2D eigenvalue weighted by Crippen LogP contribution is -2.30. The molecule has 0 saturated carbocycles. The molecule has 3 rings (SSSR count). The van der Waals surface area contributed by atoms with Gasteiger partial charge >= 0.3 is 5.97 Å². The van der Waals surface area contributed by atoms with Crippen LogP contribution in [-0.2, 0) is 9.53 Å². The van der Waals surface area contributed by atoms with Crippen molar-refractivity contribution in [2.24, 2.45) is 0 Å². The highest BCUT2D eigenvalue weighted by Crippen LogP contribution is 2.23.